The molecule has 1 N–H and O–H groups in total. The largest absolute Gasteiger partial charge is 0.330 e. The Bertz CT molecular complexity index is 655. The van der Waals surface area contributed by atoms with E-state index >= 15 is 0 Å². The number of H-pyrrole nitrogens is 1. The number of imidazole rings is 1. The van der Waals surface area contributed by atoms with Gasteiger partial charge in [-0.3, -0.25) is 0 Å². The highest BCUT2D eigenvalue weighted by Crippen LogP contribution is 2.20. The second-order valence-electron chi connectivity index (χ2n) is 6.30. The first-order chi connectivity index (χ1) is 9.99. The minimum Gasteiger partial charge on any atom is -0.330 e. The van der Waals surface area contributed by atoms with E-state index in [1.807, 2.05) is 6.07 Å². The zero-order chi connectivity index (χ0) is 15.4. The van der Waals surface area contributed by atoms with Crippen LogP contribution in [0.4, 0.5) is 4.39 Å². The van der Waals surface area contributed by atoms with Gasteiger partial charge < -0.3 is 9.55 Å². The first-order valence-corrected chi connectivity index (χ1v) is 8.28. The molecule has 0 bridgehead atoms. The van der Waals surface area contributed by atoms with Gasteiger partial charge in [0, 0.05) is 6.54 Å². The van der Waals surface area contributed by atoms with Crippen LogP contribution in [0, 0.1) is 23.4 Å². The van der Waals surface area contributed by atoms with E-state index in [4.69, 9.17) is 12.2 Å². The molecule has 0 spiro atoms. The van der Waals surface area contributed by atoms with Crippen LogP contribution in [-0.4, -0.2) is 9.55 Å². The van der Waals surface area contributed by atoms with Crippen LogP contribution < -0.4 is 0 Å². The molecule has 2 rings (SSSR count). The summed E-state index contributed by atoms with van der Waals surface area (Å²) in [5, 5.41) is 0. The summed E-state index contributed by atoms with van der Waals surface area (Å²) in [6, 6.07) is 3.43. The summed E-state index contributed by atoms with van der Waals surface area (Å²) in [6.45, 7) is 7.24. The molecular formula is C17H25FN2S. The summed E-state index contributed by atoms with van der Waals surface area (Å²) in [6.07, 6.45) is 6.24. The minimum absolute atomic E-state index is 0.181. The van der Waals surface area contributed by atoms with E-state index in [1.54, 1.807) is 13.0 Å². The third-order valence-corrected chi connectivity index (χ3v) is 4.29. The van der Waals surface area contributed by atoms with Crippen LogP contribution in [0.15, 0.2) is 12.1 Å². The van der Waals surface area contributed by atoms with Crippen LogP contribution in [0.2, 0.25) is 0 Å². The number of hydrogen-bond donors (Lipinski definition) is 1. The van der Waals surface area contributed by atoms with Crippen LogP contribution in [0.5, 0.6) is 0 Å². The normalized spacial score (nSPS) is 11.7. The van der Waals surface area contributed by atoms with Crippen molar-refractivity contribution in [3.05, 3.63) is 28.3 Å². The molecule has 0 aliphatic carbocycles. The molecule has 0 saturated heterocycles. The summed E-state index contributed by atoms with van der Waals surface area (Å²) in [7, 11) is 0. The Morgan fingerprint density at radius 3 is 2.62 bits per heavy atom. The molecule has 0 atom stereocenters. The Kier molecular flexibility index (Phi) is 5.57. The molecule has 0 saturated carbocycles. The zero-order valence-corrected chi connectivity index (χ0v) is 14.0. The molecule has 21 heavy (non-hydrogen) atoms. The second kappa shape index (κ2) is 7.21. The van der Waals surface area contributed by atoms with Gasteiger partial charge in [0.2, 0.25) is 0 Å². The monoisotopic (exact) mass is 308 g/mol. The SMILES string of the molecule is Cc1cc2c(cc1F)[nH]c(=S)n2CCCCCCC(C)C. The molecular weight excluding hydrogens is 283 g/mol. The maximum absolute atomic E-state index is 13.6. The summed E-state index contributed by atoms with van der Waals surface area (Å²) < 4.78 is 16.4. The third-order valence-electron chi connectivity index (χ3n) is 3.97. The number of aromatic amines is 1. The van der Waals surface area contributed by atoms with E-state index < -0.39 is 0 Å². The highest BCUT2D eigenvalue weighted by Gasteiger charge is 2.07. The molecule has 0 unspecified atom stereocenters. The zero-order valence-electron chi connectivity index (χ0n) is 13.2. The van der Waals surface area contributed by atoms with E-state index in [2.05, 4.69) is 23.4 Å². The summed E-state index contributed by atoms with van der Waals surface area (Å²) in [4.78, 5) is 3.10. The van der Waals surface area contributed by atoms with Gasteiger partial charge in [0.15, 0.2) is 4.77 Å². The molecule has 1 heterocycles. The first-order valence-electron chi connectivity index (χ1n) is 7.87. The number of halogens is 1. The molecule has 0 radical (unpaired) electrons. The smallest absolute Gasteiger partial charge is 0.178 e. The first kappa shape index (κ1) is 16.2. The Hall–Kier alpha value is -1.16. The topological polar surface area (TPSA) is 20.7 Å². The van der Waals surface area contributed by atoms with Crippen molar-refractivity contribution in [1.29, 1.82) is 0 Å². The highest BCUT2D eigenvalue weighted by molar-refractivity contribution is 7.71. The van der Waals surface area contributed by atoms with E-state index in [0.717, 1.165) is 29.9 Å². The number of unbranched alkanes of at least 4 members (excludes halogenated alkanes) is 3. The Morgan fingerprint density at radius 2 is 1.90 bits per heavy atom. The number of rotatable bonds is 7. The average Bonchev–Trinajstić information content (AvgIpc) is 2.70. The second-order valence-corrected chi connectivity index (χ2v) is 6.68. The van der Waals surface area contributed by atoms with Crippen molar-refractivity contribution in [2.24, 2.45) is 5.92 Å². The van der Waals surface area contributed by atoms with Gasteiger partial charge in [-0.15, -0.1) is 0 Å². The average molecular weight is 308 g/mol. The third kappa shape index (κ3) is 4.16. The number of hydrogen-bond acceptors (Lipinski definition) is 1. The van der Waals surface area contributed by atoms with Crippen LogP contribution in [-0.2, 0) is 6.54 Å². The predicted octanol–water partition coefficient (Wildman–Crippen LogP) is 5.75. The lowest BCUT2D eigenvalue weighted by Gasteiger charge is -2.07. The number of nitrogens with zero attached hydrogens (tertiary/aromatic N) is 1. The van der Waals surface area contributed by atoms with Gasteiger partial charge in [-0.2, -0.15) is 0 Å². The standard InChI is InChI=1S/C17H25FN2S/c1-12(2)8-6-4-5-7-9-20-16-10-13(3)14(18)11-15(16)19-17(20)21/h10-12H,4-9H2,1-3H3,(H,19,21). The maximum atomic E-state index is 13.6. The van der Waals surface area contributed by atoms with Crippen molar-refractivity contribution >= 4 is 23.3 Å². The number of aryl methyl sites for hydroxylation is 2. The lowest BCUT2D eigenvalue weighted by Crippen LogP contribution is -1.98. The highest BCUT2D eigenvalue weighted by atomic mass is 32.1. The summed E-state index contributed by atoms with van der Waals surface area (Å²) >= 11 is 5.36. The van der Waals surface area contributed by atoms with Crippen LogP contribution >= 0.6 is 12.2 Å². The lowest BCUT2D eigenvalue weighted by molar-refractivity contribution is 0.507. The van der Waals surface area contributed by atoms with Crippen LogP contribution in [0.25, 0.3) is 11.0 Å². The van der Waals surface area contributed by atoms with Gasteiger partial charge in [0.25, 0.3) is 0 Å². The van der Waals surface area contributed by atoms with Crippen molar-refractivity contribution in [2.45, 2.75) is 59.4 Å². The molecule has 2 aromatic rings. The van der Waals surface area contributed by atoms with Gasteiger partial charge in [-0.05, 0) is 49.2 Å². The predicted molar refractivity (Wildman–Crippen MR) is 89.7 cm³/mol. The summed E-state index contributed by atoms with van der Waals surface area (Å²) in [5.74, 6) is 0.615. The van der Waals surface area contributed by atoms with Crippen molar-refractivity contribution in [1.82, 2.24) is 9.55 Å². The van der Waals surface area contributed by atoms with E-state index in [-0.39, 0.29) is 5.82 Å². The van der Waals surface area contributed by atoms with Crippen molar-refractivity contribution < 1.29 is 4.39 Å². The van der Waals surface area contributed by atoms with Gasteiger partial charge in [-0.1, -0.05) is 39.5 Å². The quantitative estimate of drug-likeness (QED) is 0.510. The van der Waals surface area contributed by atoms with Crippen LogP contribution in [0.3, 0.4) is 0 Å². The Morgan fingerprint density at radius 1 is 1.19 bits per heavy atom. The van der Waals surface area contributed by atoms with E-state index in [0.29, 0.717) is 10.3 Å². The molecule has 0 amide bonds. The Labute approximate surface area is 131 Å². The fourth-order valence-electron chi connectivity index (χ4n) is 2.68. The fraction of sp³-hybridized carbons (Fsp3) is 0.588. The number of aromatic nitrogens is 2. The molecule has 0 aliphatic heterocycles. The molecule has 0 fully saturated rings. The molecule has 1 aromatic heterocycles. The van der Waals surface area contributed by atoms with Gasteiger partial charge in [0.05, 0.1) is 11.0 Å². The van der Waals surface area contributed by atoms with Crippen molar-refractivity contribution in [3.8, 4) is 0 Å². The van der Waals surface area contributed by atoms with E-state index in [1.165, 1.54) is 25.7 Å². The molecule has 0 aliphatic rings. The van der Waals surface area contributed by atoms with Gasteiger partial charge in [0.1, 0.15) is 5.82 Å². The van der Waals surface area contributed by atoms with Gasteiger partial charge in [-0.25, -0.2) is 4.39 Å². The number of fused-ring (bicyclic) bond motifs is 1. The minimum atomic E-state index is -0.181. The Balaban J connectivity index is 1.97. The number of nitrogens with one attached hydrogen (secondary N) is 1. The molecule has 2 nitrogen and oxygen atoms in total. The molecule has 4 heteroatoms. The molecule has 116 valence electrons. The van der Waals surface area contributed by atoms with Crippen molar-refractivity contribution in [2.75, 3.05) is 0 Å². The molecule has 1 aromatic carbocycles. The van der Waals surface area contributed by atoms with Crippen LogP contribution in [0.1, 0.15) is 51.5 Å². The number of benzene rings is 1. The fourth-order valence-corrected chi connectivity index (χ4v) is 2.98. The summed E-state index contributed by atoms with van der Waals surface area (Å²) in [5.41, 5.74) is 2.48. The van der Waals surface area contributed by atoms with Crippen molar-refractivity contribution in [3.63, 3.8) is 0 Å². The van der Waals surface area contributed by atoms with Gasteiger partial charge >= 0.3 is 0 Å². The lowest BCUT2D eigenvalue weighted by atomic mass is 10.0. The maximum Gasteiger partial charge on any atom is 0.178 e. The van der Waals surface area contributed by atoms with E-state index in [9.17, 15) is 4.39 Å².